The zero-order valence-electron chi connectivity index (χ0n) is 15.8. The SMILES string of the molecule is Cc1cc(C)cc(N2C(=O)C[C@H](c3ccc(C(F)(F)F)cc3)C3=C2COC3=O)c1. The van der Waals surface area contributed by atoms with Crippen molar-refractivity contribution in [2.75, 3.05) is 11.5 Å². The summed E-state index contributed by atoms with van der Waals surface area (Å²) in [6, 6.07) is 10.3. The van der Waals surface area contributed by atoms with E-state index in [2.05, 4.69) is 0 Å². The number of hydrogen-bond acceptors (Lipinski definition) is 3. The Hall–Kier alpha value is -3.09. The van der Waals surface area contributed by atoms with Crippen molar-refractivity contribution in [3.8, 4) is 0 Å². The van der Waals surface area contributed by atoms with Gasteiger partial charge in [-0.1, -0.05) is 18.2 Å². The van der Waals surface area contributed by atoms with Crippen LogP contribution >= 0.6 is 0 Å². The molecule has 0 spiro atoms. The van der Waals surface area contributed by atoms with Gasteiger partial charge in [0, 0.05) is 18.0 Å². The van der Waals surface area contributed by atoms with Gasteiger partial charge in [-0.15, -0.1) is 0 Å². The smallest absolute Gasteiger partial charge is 0.416 e. The number of hydrogen-bond donors (Lipinski definition) is 0. The third-order valence-electron chi connectivity index (χ3n) is 5.22. The zero-order valence-corrected chi connectivity index (χ0v) is 15.8. The molecule has 0 N–H and O–H groups in total. The molecule has 2 aliphatic rings. The van der Waals surface area contributed by atoms with Crippen LogP contribution in [0.15, 0.2) is 53.7 Å². The van der Waals surface area contributed by atoms with Gasteiger partial charge in [-0.25, -0.2) is 4.79 Å². The summed E-state index contributed by atoms with van der Waals surface area (Å²) in [5, 5.41) is 0. The molecule has 0 saturated heterocycles. The Morgan fingerprint density at radius 3 is 2.21 bits per heavy atom. The first-order valence-electron chi connectivity index (χ1n) is 9.13. The monoisotopic (exact) mass is 401 g/mol. The van der Waals surface area contributed by atoms with E-state index in [1.165, 1.54) is 17.0 Å². The van der Waals surface area contributed by atoms with Crippen molar-refractivity contribution in [1.82, 2.24) is 0 Å². The van der Waals surface area contributed by atoms with Crippen molar-refractivity contribution in [1.29, 1.82) is 0 Å². The minimum atomic E-state index is -4.45. The summed E-state index contributed by atoms with van der Waals surface area (Å²) in [5.74, 6) is -1.39. The number of halogens is 3. The first-order valence-corrected chi connectivity index (χ1v) is 9.13. The fourth-order valence-corrected chi connectivity index (χ4v) is 4.02. The molecule has 2 heterocycles. The zero-order chi connectivity index (χ0) is 20.9. The molecule has 2 aliphatic heterocycles. The average Bonchev–Trinajstić information content (AvgIpc) is 3.01. The number of amides is 1. The Morgan fingerprint density at radius 1 is 1.00 bits per heavy atom. The highest BCUT2D eigenvalue weighted by atomic mass is 19.4. The lowest BCUT2D eigenvalue weighted by molar-refractivity contribution is -0.138. The van der Waals surface area contributed by atoms with Crippen LogP contribution in [0.1, 0.15) is 34.6 Å². The van der Waals surface area contributed by atoms with E-state index in [9.17, 15) is 22.8 Å². The number of benzene rings is 2. The summed E-state index contributed by atoms with van der Waals surface area (Å²) in [4.78, 5) is 27.0. The molecule has 1 atom stereocenters. The summed E-state index contributed by atoms with van der Waals surface area (Å²) in [6.45, 7) is 3.80. The Morgan fingerprint density at radius 2 is 1.62 bits per heavy atom. The average molecular weight is 401 g/mol. The number of rotatable bonds is 2. The molecule has 4 rings (SSSR count). The second-order valence-corrected chi connectivity index (χ2v) is 7.39. The summed E-state index contributed by atoms with van der Waals surface area (Å²) in [5.41, 5.74) is 3.12. The number of esters is 1. The predicted octanol–water partition coefficient (Wildman–Crippen LogP) is 4.65. The number of ether oxygens (including phenoxy) is 1. The molecule has 0 unspecified atom stereocenters. The third kappa shape index (κ3) is 3.41. The van der Waals surface area contributed by atoms with Crippen molar-refractivity contribution in [2.24, 2.45) is 0 Å². The van der Waals surface area contributed by atoms with Crippen LogP contribution in [-0.2, 0) is 20.5 Å². The molecule has 4 nitrogen and oxygen atoms in total. The number of anilines is 1. The summed E-state index contributed by atoms with van der Waals surface area (Å²) in [7, 11) is 0. The van der Waals surface area contributed by atoms with Crippen LogP contribution in [0.4, 0.5) is 18.9 Å². The van der Waals surface area contributed by atoms with Crippen LogP contribution in [0.25, 0.3) is 0 Å². The maximum atomic E-state index is 13.0. The van der Waals surface area contributed by atoms with E-state index in [0.29, 0.717) is 22.5 Å². The van der Waals surface area contributed by atoms with Gasteiger partial charge in [-0.05, 0) is 54.8 Å². The number of cyclic esters (lactones) is 1. The molecule has 2 aromatic carbocycles. The predicted molar refractivity (Wildman–Crippen MR) is 100 cm³/mol. The van der Waals surface area contributed by atoms with Crippen LogP contribution < -0.4 is 4.90 Å². The maximum Gasteiger partial charge on any atom is 0.416 e. The molecular formula is C22H18F3NO3. The topological polar surface area (TPSA) is 46.6 Å². The van der Waals surface area contributed by atoms with Crippen molar-refractivity contribution >= 4 is 17.6 Å². The lowest BCUT2D eigenvalue weighted by Gasteiger charge is -2.32. The fourth-order valence-electron chi connectivity index (χ4n) is 4.02. The van der Waals surface area contributed by atoms with E-state index in [0.717, 1.165) is 23.3 Å². The summed E-state index contributed by atoms with van der Waals surface area (Å²) >= 11 is 0. The Labute approximate surface area is 165 Å². The van der Waals surface area contributed by atoms with Crippen LogP contribution in [0.5, 0.6) is 0 Å². The molecule has 2 aromatic rings. The molecule has 0 radical (unpaired) electrons. The van der Waals surface area contributed by atoms with E-state index in [1.807, 2.05) is 32.0 Å². The quantitative estimate of drug-likeness (QED) is 0.688. The van der Waals surface area contributed by atoms with Crippen LogP contribution in [0.3, 0.4) is 0 Å². The maximum absolute atomic E-state index is 13.0. The Balaban J connectivity index is 1.78. The summed E-state index contributed by atoms with van der Waals surface area (Å²) < 4.78 is 43.8. The molecule has 150 valence electrons. The number of carbonyl (C=O) groups is 2. The van der Waals surface area contributed by atoms with Gasteiger partial charge in [0.2, 0.25) is 5.91 Å². The molecule has 0 aromatic heterocycles. The second kappa shape index (κ2) is 6.76. The Bertz CT molecular complexity index is 1020. The largest absolute Gasteiger partial charge is 0.456 e. The molecule has 0 aliphatic carbocycles. The number of carbonyl (C=O) groups excluding carboxylic acids is 2. The van der Waals surface area contributed by atoms with Crippen molar-refractivity contribution in [3.63, 3.8) is 0 Å². The lowest BCUT2D eigenvalue weighted by Crippen LogP contribution is -2.37. The van der Waals surface area contributed by atoms with Crippen molar-refractivity contribution in [3.05, 3.63) is 76.0 Å². The summed E-state index contributed by atoms with van der Waals surface area (Å²) in [6.07, 6.45) is -4.47. The first kappa shape index (κ1) is 19.2. The molecular weight excluding hydrogens is 383 g/mol. The highest BCUT2D eigenvalue weighted by molar-refractivity contribution is 6.06. The van der Waals surface area contributed by atoms with E-state index in [4.69, 9.17) is 4.74 Å². The Kier molecular flexibility index (Phi) is 4.48. The van der Waals surface area contributed by atoms with E-state index in [1.54, 1.807) is 0 Å². The van der Waals surface area contributed by atoms with Crippen LogP contribution in [-0.4, -0.2) is 18.5 Å². The second-order valence-electron chi connectivity index (χ2n) is 7.39. The lowest BCUT2D eigenvalue weighted by atomic mass is 9.83. The number of nitrogens with zero attached hydrogens (tertiary/aromatic N) is 1. The highest BCUT2D eigenvalue weighted by Gasteiger charge is 2.43. The van der Waals surface area contributed by atoms with Gasteiger partial charge in [0.1, 0.15) is 6.61 Å². The molecule has 29 heavy (non-hydrogen) atoms. The van der Waals surface area contributed by atoms with Gasteiger partial charge < -0.3 is 4.74 Å². The number of aryl methyl sites for hydroxylation is 2. The van der Waals surface area contributed by atoms with E-state index in [-0.39, 0.29) is 18.9 Å². The van der Waals surface area contributed by atoms with Crippen LogP contribution in [0.2, 0.25) is 0 Å². The van der Waals surface area contributed by atoms with E-state index < -0.39 is 23.6 Å². The van der Waals surface area contributed by atoms with Gasteiger partial charge in [0.05, 0.1) is 16.8 Å². The number of alkyl halides is 3. The van der Waals surface area contributed by atoms with Crippen molar-refractivity contribution in [2.45, 2.75) is 32.4 Å². The molecule has 0 fully saturated rings. The third-order valence-corrected chi connectivity index (χ3v) is 5.22. The minimum Gasteiger partial charge on any atom is -0.456 e. The van der Waals surface area contributed by atoms with Gasteiger partial charge in [0.25, 0.3) is 0 Å². The normalized spacial score (nSPS) is 19.5. The van der Waals surface area contributed by atoms with Gasteiger partial charge in [0.15, 0.2) is 0 Å². The van der Waals surface area contributed by atoms with E-state index >= 15 is 0 Å². The minimum absolute atomic E-state index is 0.0215. The first-order chi connectivity index (χ1) is 13.6. The van der Waals surface area contributed by atoms with Gasteiger partial charge >= 0.3 is 12.1 Å². The molecule has 1 amide bonds. The molecule has 0 saturated carbocycles. The fraction of sp³-hybridized carbons (Fsp3) is 0.273. The molecule has 0 bridgehead atoms. The van der Waals surface area contributed by atoms with Gasteiger partial charge in [-0.2, -0.15) is 13.2 Å². The molecule has 7 heteroatoms. The standard InChI is InChI=1S/C22H18F3NO3/c1-12-7-13(2)9-16(8-12)26-18-11-29-21(28)20(18)17(10-19(26)27)14-3-5-15(6-4-14)22(23,24)25/h3-9,17H,10-11H2,1-2H3/t17-/m1/s1. The highest BCUT2D eigenvalue weighted by Crippen LogP contribution is 2.42. The van der Waals surface area contributed by atoms with Crippen LogP contribution in [0, 0.1) is 13.8 Å². The van der Waals surface area contributed by atoms with Crippen molar-refractivity contribution < 1.29 is 27.5 Å². The van der Waals surface area contributed by atoms with Gasteiger partial charge in [-0.3, -0.25) is 9.69 Å².